The topological polar surface area (TPSA) is 66.6 Å². The van der Waals surface area contributed by atoms with E-state index in [2.05, 4.69) is 343 Å². The summed E-state index contributed by atoms with van der Waals surface area (Å²) in [6.07, 6.45) is 0. The number of fused-ring (bicyclic) bond motifs is 18. The van der Waals surface area contributed by atoms with Gasteiger partial charge in [0.15, 0.2) is 17.5 Å². The SMILES string of the molecule is CC1(C)c2ccccc2-c2ccc(-c3ccc4c5ccccc5n(-c5cccc(-c6nc(-c7cccc(-n8c9ccccc9c9cc(-c%10ccc%11sc%12ccccc%12c%11c%10)ccc98)c7)nc(-c7cccc(-n8c9ccccc9c9ccc(-c%10ccc%11c(c%10)oc%10ccccc%10%11)cc98)c7)n6)c5)c4c3)cc21. The van der Waals surface area contributed by atoms with Gasteiger partial charge in [-0.3, -0.25) is 0 Å². The Morgan fingerprint density at radius 1 is 0.250 bits per heavy atom. The molecular formula is C96H60N6OS. The molecule has 0 atom stereocenters. The van der Waals surface area contributed by atoms with Crippen LogP contribution in [0.3, 0.4) is 0 Å². The summed E-state index contributed by atoms with van der Waals surface area (Å²) in [6, 6.07) is 119. The molecule has 6 heterocycles. The van der Waals surface area contributed by atoms with Crippen molar-refractivity contribution in [1.82, 2.24) is 28.7 Å². The fourth-order valence-electron chi connectivity index (χ4n) is 17.1. The van der Waals surface area contributed by atoms with Crippen molar-refractivity contribution in [3.63, 3.8) is 0 Å². The van der Waals surface area contributed by atoms with E-state index in [1.54, 1.807) is 0 Å². The number of hydrogen-bond donors (Lipinski definition) is 0. The van der Waals surface area contributed by atoms with Crippen LogP contribution in [0.5, 0.6) is 0 Å². The molecule has 0 aliphatic heterocycles. The van der Waals surface area contributed by atoms with Gasteiger partial charge < -0.3 is 18.1 Å². The molecule has 0 amide bonds. The van der Waals surface area contributed by atoms with Crippen LogP contribution >= 0.6 is 11.3 Å². The highest BCUT2D eigenvalue weighted by atomic mass is 32.1. The standard InChI is InChI=1S/C96H60N6OS/c1-96(2)81-30-9-3-24-69(81)70-42-36-59(53-82(70)96)60-37-43-74-71-25-4-10-31-83(71)101(87(74)54-60)67-22-16-19-64(49-67)94-97-93(63-18-15-21-66(48-63)100-85-33-12-6-27-73(85)79-51-57(40-46-86(79)100)58-41-47-92-80(52-58)78-29-8-14-35-91(78)104-92)98-95(99-94)65-20-17-23-68(50-65)102-84-32-11-5-26-72(84)75-44-38-61(55-88(75)102)62-39-45-77-76-28-7-13-34-89(76)103-90(77)56-62/h3-56H,1-2H3. The van der Waals surface area contributed by atoms with Crippen molar-refractivity contribution in [3.8, 4) is 95.7 Å². The van der Waals surface area contributed by atoms with Crippen LogP contribution in [0.15, 0.2) is 332 Å². The second-order valence-electron chi connectivity index (χ2n) is 28.3. The average Bonchev–Trinajstić information content (AvgIpc) is 1.58. The molecule has 104 heavy (non-hydrogen) atoms. The monoisotopic (exact) mass is 1340 g/mol. The van der Waals surface area contributed by atoms with Gasteiger partial charge in [0.25, 0.3) is 0 Å². The number of aromatic nitrogens is 6. The first kappa shape index (κ1) is 58.5. The molecule has 0 N–H and O–H groups in total. The molecule has 21 aromatic rings. The first-order valence-electron chi connectivity index (χ1n) is 35.5. The van der Waals surface area contributed by atoms with Crippen molar-refractivity contribution in [3.05, 3.63) is 339 Å². The van der Waals surface area contributed by atoms with E-state index in [1.807, 2.05) is 23.5 Å². The fourth-order valence-corrected chi connectivity index (χ4v) is 18.2. The van der Waals surface area contributed by atoms with Crippen LogP contribution in [0.1, 0.15) is 25.0 Å². The number of nitrogens with zero attached hydrogens (tertiary/aromatic N) is 6. The zero-order valence-electron chi connectivity index (χ0n) is 56.7. The summed E-state index contributed by atoms with van der Waals surface area (Å²) in [6.45, 7) is 4.71. The van der Waals surface area contributed by atoms with Crippen LogP contribution in [-0.2, 0) is 5.41 Å². The van der Waals surface area contributed by atoms with Gasteiger partial charge in [-0.05, 0) is 177 Å². The van der Waals surface area contributed by atoms with Gasteiger partial charge in [0.1, 0.15) is 11.2 Å². The molecule has 0 saturated heterocycles. The van der Waals surface area contributed by atoms with Gasteiger partial charge in [-0.25, -0.2) is 15.0 Å². The highest BCUT2D eigenvalue weighted by molar-refractivity contribution is 7.25. The molecule has 0 fully saturated rings. The second-order valence-corrected chi connectivity index (χ2v) is 29.3. The van der Waals surface area contributed by atoms with E-state index in [9.17, 15) is 0 Å². The van der Waals surface area contributed by atoms with Crippen LogP contribution < -0.4 is 0 Å². The lowest BCUT2D eigenvalue weighted by molar-refractivity contribution is 0.660. The Hall–Kier alpha value is -13.3. The number of para-hydroxylation sites is 4. The van der Waals surface area contributed by atoms with E-state index in [0.717, 1.165) is 111 Å². The molecule has 0 radical (unpaired) electrons. The Balaban J connectivity index is 0.699. The third-order valence-electron chi connectivity index (χ3n) is 22.1. The van der Waals surface area contributed by atoms with E-state index in [0.29, 0.717) is 17.5 Å². The van der Waals surface area contributed by atoms with Gasteiger partial charge in [-0.15, -0.1) is 11.3 Å². The Bertz CT molecular complexity index is 7240. The van der Waals surface area contributed by atoms with Crippen molar-refractivity contribution < 1.29 is 4.42 Å². The van der Waals surface area contributed by atoms with Gasteiger partial charge in [-0.1, -0.05) is 220 Å². The lowest BCUT2D eigenvalue weighted by Gasteiger charge is -2.22. The second kappa shape index (κ2) is 22.4. The summed E-state index contributed by atoms with van der Waals surface area (Å²) < 4.78 is 16.2. The smallest absolute Gasteiger partial charge is 0.164 e. The minimum Gasteiger partial charge on any atom is -0.456 e. The Labute approximate surface area is 601 Å². The number of hydrogen-bond acceptors (Lipinski definition) is 5. The molecule has 0 unspecified atom stereocenters. The first-order valence-corrected chi connectivity index (χ1v) is 36.3. The molecular weight excluding hydrogens is 1290 g/mol. The molecule has 486 valence electrons. The normalized spacial score (nSPS) is 12.8. The van der Waals surface area contributed by atoms with Gasteiger partial charge in [-0.2, -0.15) is 0 Å². The summed E-state index contributed by atoms with van der Waals surface area (Å²) in [5, 5.41) is 11.9. The van der Waals surface area contributed by atoms with Gasteiger partial charge in [0, 0.05) is 102 Å². The first-order chi connectivity index (χ1) is 51.3. The highest BCUT2D eigenvalue weighted by Crippen LogP contribution is 2.51. The van der Waals surface area contributed by atoms with Gasteiger partial charge in [0.2, 0.25) is 0 Å². The molecule has 6 aromatic heterocycles. The molecule has 1 aliphatic carbocycles. The van der Waals surface area contributed by atoms with Crippen LogP contribution in [0.2, 0.25) is 0 Å². The van der Waals surface area contributed by atoms with Crippen molar-refractivity contribution in [2.45, 2.75) is 19.3 Å². The van der Waals surface area contributed by atoms with Crippen molar-refractivity contribution in [2.24, 2.45) is 0 Å². The van der Waals surface area contributed by atoms with Crippen LogP contribution in [0.25, 0.3) is 203 Å². The van der Waals surface area contributed by atoms with Gasteiger partial charge in [0.05, 0.1) is 33.1 Å². The maximum atomic E-state index is 6.43. The Kier molecular flexibility index (Phi) is 12.6. The maximum Gasteiger partial charge on any atom is 0.164 e. The van der Waals surface area contributed by atoms with E-state index in [4.69, 9.17) is 19.4 Å². The fraction of sp³-hybridized carbons (Fsp3) is 0.0312. The Morgan fingerprint density at radius 3 is 1.27 bits per heavy atom. The number of benzene rings is 15. The Morgan fingerprint density at radius 2 is 0.654 bits per heavy atom. The van der Waals surface area contributed by atoms with E-state index < -0.39 is 0 Å². The van der Waals surface area contributed by atoms with Crippen LogP contribution in [-0.4, -0.2) is 28.7 Å². The molecule has 8 heteroatoms. The van der Waals surface area contributed by atoms with Gasteiger partial charge >= 0.3 is 0 Å². The predicted molar refractivity (Wildman–Crippen MR) is 433 cm³/mol. The molecule has 1 aliphatic rings. The van der Waals surface area contributed by atoms with E-state index in [-0.39, 0.29) is 5.41 Å². The van der Waals surface area contributed by atoms with Crippen molar-refractivity contribution in [2.75, 3.05) is 0 Å². The zero-order chi connectivity index (χ0) is 68.5. The average molecular weight is 1350 g/mol. The van der Waals surface area contributed by atoms with Crippen molar-refractivity contribution in [1.29, 1.82) is 0 Å². The largest absolute Gasteiger partial charge is 0.456 e. The summed E-state index contributed by atoms with van der Waals surface area (Å²) in [4.78, 5) is 16.7. The lowest BCUT2D eigenvalue weighted by Crippen LogP contribution is -2.14. The molecule has 22 rings (SSSR count). The minimum absolute atomic E-state index is 0.122. The molecule has 0 bridgehead atoms. The zero-order valence-corrected chi connectivity index (χ0v) is 57.5. The van der Waals surface area contributed by atoms with Crippen LogP contribution in [0.4, 0.5) is 0 Å². The third kappa shape index (κ3) is 8.92. The molecule has 0 spiro atoms. The summed E-state index contributed by atoms with van der Waals surface area (Å²) in [5.74, 6) is 1.68. The minimum atomic E-state index is -0.122. The predicted octanol–water partition coefficient (Wildman–Crippen LogP) is 25.7. The molecule has 15 aromatic carbocycles. The summed E-state index contributed by atoms with van der Waals surface area (Å²) in [5.41, 5.74) is 26.1. The summed E-state index contributed by atoms with van der Waals surface area (Å²) in [7, 11) is 0. The third-order valence-corrected chi connectivity index (χ3v) is 23.2. The van der Waals surface area contributed by atoms with Crippen molar-refractivity contribution >= 4 is 119 Å². The number of rotatable bonds is 9. The van der Waals surface area contributed by atoms with Crippen LogP contribution in [0, 0.1) is 0 Å². The lowest BCUT2D eigenvalue weighted by atomic mass is 9.81. The van der Waals surface area contributed by atoms with E-state index >= 15 is 0 Å². The highest BCUT2D eigenvalue weighted by Gasteiger charge is 2.35. The van der Waals surface area contributed by atoms with E-state index in [1.165, 1.54) is 86.0 Å². The number of furan rings is 1. The summed E-state index contributed by atoms with van der Waals surface area (Å²) >= 11 is 1.85. The maximum absolute atomic E-state index is 6.43. The molecule has 0 saturated carbocycles. The quantitative estimate of drug-likeness (QED) is 0.144. The number of thiophene rings is 1. The molecule has 7 nitrogen and oxygen atoms in total.